The van der Waals surface area contributed by atoms with Gasteiger partial charge in [-0.05, 0) is 50.6 Å². The largest absolute Gasteiger partial charge is 0.494 e. The lowest BCUT2D eigenvalue weighted by Gasteiger charge is -2.15. The zero-order chi connectivity index (χ0) is 17.3. The topological polar surface area (TPSA) is 67.4 Å². The number of carbonyl (C=O) groups is 2. The van der Waals surface area contributed by atoms with E-state index in [-0.39, 0.29) is 11.8 Å². The van der Waals surface area contributed by atoms with Gasteiger partial charge in [-0.25, -0.2) is 0 Å². The zero-order valence-corrected chi connectivity index (χ0v) is 14.0. The number of nitrogens with one attached hydrogen (secondary N) is 2. The number of benzene rings is 2. The highest BCUT2D eigenvalue weighted by atomic mass is 16.5. The van der Waals surface area contributed by atoms with E-state index in [1.165, 1.54) is 0 Å². The molecule has 2 N–H and O–H groups in total. The van der Waals surface area contributed by atoms with Gasteiger partial charge in [0, 0.05) is 23.0 Å². The Kier molecular flexibility index (Phi) is 4.01. The van der Waals surface area contributed by atoms with Gasteiger partial charge in [0.05, 0.1) is 12.0 Å². The molecule has 5 nitrogen and oxygen atoms in total. The fourth-order valence-corrected chi connectivity index (χ4v) is 2.77. The molecule has 1 heterocycles. The molecule has 0 unspecified atom stereocenters. The SMILES string of the molecule is CCOc1cccc(NC(=O)c2ccc3c(c2)NC(=O)C3(C)C)c1. The van der Waals surface area contributed by atoms with Gasteiger partial charge in [0.15, 0.2) is 0 Å². The molecular formula is C19H20N2O3. The Bertz CT molecular complexity index is 812. The van der Waals surface area contributed by atoms with Crippen molar-refractivity contribution in [2.75, 3.05) is 17.2 Å². The quantitative estimate of drug-likeness (QED) is 0.903. The summed E-state index contributed by atoms with van der Waals surface area (Å²) in [6.45, 7) is 6.21. The predicted molar refractivity (Wildman–Crippen MR) is 93.7 cm³/mol. The Balaban J connectivity index is 1.81. The van der Waals surface area contributed by atoms with Crippen molar-refractivity contribution in [3.8, 4) is 5.75 Å². The molecule has 5 heteroatoms. The molecule has 0 saturated carbocycles. The maximum atomic E-state index is 12.5. The summed E-state index contributed by atoms with van der Waals surface area (Å²) in [5.41, 5.74) is 2.18. The highest BCUT2D eigenvalue weighted by Gasteiger charge is 2.38. The summed E-state index contributed by atoms with van der Waals surface area (Å²) in [4.78, 5) is 24.5. The van der Waals surface area contributed by atoms with Gasteiger partial charge < -0.3 is 15.4 Å². The van der Waals surface area contributed by atoms with Gasteiger partial charge in [-0.15, -0.1) is 0 Å². The van der Waals surface area contributed by atoms with E-state index >= 15 is 0 Å². The lowest BCUT2D eigenvalue weighted by molar-refractivity contribution is -0.119. The molecule has 2 aromatic rings. The molecule has 24 heavy (non-hydrogen) atoms. The highest BCUT2D eigenvalue weighted by molar-refractivity contribution is 6.09. The molecule has 0 atom stereocenters. The van der Waals surface area contributed by atoms with Crippen LogP contribution in [0.3, 0.4) is 0 Å². The van der Waals surface area contributed by atoms with Crippen LogP contribution in [0.2, 0.25) is 0 Å². The Morgan fingerprint density at radius 3 is 2.75 bits per heavy atom. The summed E-state index contributed by atoms with van der Waals surface area (Å²) in [5.74, 6) is 0.420. The van der Waals surface area contributed by atoms with Crippen molar-refractivity contribution in [1.82, 2.24) is 0 Å². The minimum absolute atomic E-state index is 0.0560. The summed E-state index contributed by atoms with van der Waals surface area (Å²) >= 11 is 0. The molecule has 0 bridgehead atoms. The van der Waals surface area contributed by atoms with Crippen LogP contribution in [0.4, 0.5) is 11.4 Å². The number of hydrogen-bond acceptors (Lipinski definition) is 3. The Hall–Kier alpha value is -2.82. The van der Waals surface area contributed by atoms with Gasteiger partial charge in [-0.2, -0.15) is 0 Å². The van der Waals surface area contributed by atoms with E-state index in [1.54, 1.807) is 24.3 Å². The van der Waals surface area contributed by atoms with Crippen LogP contribution in [0.25, 0.3) is 0 Å². The van der Waals surface area contributed by atoms with Crippen LogP contribution in [0.5, 0.6) is 5.75 Å². The fraction of sp³-hybridized carbons (Fsp3) is 0.263. The molecule has 3 rings (SSSR count). The normalized spacial score (nSPS) is 14.7. The highest BCUT2D eigenvalue weighted by Crippen LogP contribution is 2.37. The molecule has 0 radical (unpaired) electrons. The van der Waals surface area contributed by atoms with Gasteiger partial charge in [0.1, 0.15) is 5.75 Å². The first-order valence-electron chi connectivity index (χ1n) is 7.92. The Labute approximate surface area is 141 Å². The van der Waals surface area contributed by atoms with E-state index in [4.69, 9.17) is 4.74 Å². The second-order valence-corrected chi connectivity index (χ2v) is 6.25. The van der Waals surface area contributed by atoms with Gasteiger partial charge >= 0.3 is 0 Å². The summed E-state index contributed by atoms with van der Waals surface area (Å²) in [6.07, 6.45) is 0. The standard InChI is InChI=1S/C19H20N2O3/c1-4-24-14-7-5-6-13(11-14)20-17(22)12-8-9-15-16(10-12)21-18(23)19(15,2)3/h5-11H,4H2,1-3H3,(H,20,22)(H,21,23). The molecule has 2 amide bonds. The monoisotopic (exact) mass is 324 g/mol. The Morgan fingerprint density at radius 1 is 1.21 bits per heavy atom. The summed E-state index contributed by atoms with van der Waals surface area (Å²) < 4.78 is 5.43. The predicted octanol–water partition coefficient (Wildman–Crippen LogP) is 3.57. The number of amides is 2. The first-order chi connectivity index (χ1) is 11.4. The lowest BCUT2D eigenvalue weighted by Crippen LogP contribution is -2.26. The second-order valence-electron chi connectivity index (χ2n) is 6.25. The fourth-order valence-electron chi connectivity index (χ4n) is 2.77. The maximum Gasteiger partial charge on any atom is 0.255 e. The summed E-state index contributed by atoms with van der Waals surface area (Å²) in [5, 5.41) is 5.68. The number of carbonyl (C=O) groups excluding carboxylic acids is 2. The third-order valence-corrected chi connectivity index (χ3v) is 4.17. The maximum absolute atomic E-state index is 12.5. The number of anilines is 2. The smallest absolute Gasteiger partial charge is 0.255 e. The average molecular weight is 324 g/mol. The van der Waals surface area contributed by atoms with Crippen LogP contribution in [-0.2, 0) is 10.2 Å². The van der Waals surface area contributed by atoms with Gasteiger partial charge in [0.2, 0.25) is 5.91 Å². The van der Waals surface area contributed by atoms with Crippen LogP contribution < -0.4 is 15.4 Å². The minimum Gasteiger partial charge on any atom is -0.494 e. The molecule has 2 aromatic carbocycles. The van der Waals surface area contributed by atoms with Crippen molar-refractivity contribution in [2.45, 2.75) is 26.2 Å². The Morgan fingerprint density at radius 2 is 2.00 bits per heavy atom. The van der Waals surface area contributed by atoms with E-state index in [1.807, 2.05) is 39.0 Å². The summed E-state index contributed by atoms with van der Waals surface area (Å²) in [6, 6.07) is 12.5. The molecular weight excluding hydrogens is 304 g/mol. The van der Waals surface area contributed by atoms with E-state index in [0.717, 1.165) is 5.56 Å². The molecule has 0 saturated heterocycles. The van der Waals surface area contributed by atoms with Gasteiger partial charge in [-0.1, -0.05) is 12.1 Å². The van der Waals surface area contributed by atoms with Gasteiger partial charge in [0.25, 0.3) is 5.91 Å². The van der Waals surface area contributed by atoms with Crippen molar-refractivity contribution in [2.24, 2.45) is 0 Å². The van der Waals surface area contributed by atoms with E-state index in [2.05, 4.69) is 10.6 Å². The molecule has 124 valence electrons. The number of hydrogen-bond donors (Lipinski definition) is 2. The summed E-state index contributed by atoms with van der Waals surface area (Å²) in [7, 11) is 0. The van der Waals surface area contributed by atoms with Crippen molar-refractivity contribution >= 4 is 23.2 Å². The number of ether oxygens (including phenoxy) is 1. The number of rotatable bonds is 4. The van der Waals surface area contributed by atoms with E-state index in [0.29, 0.717) is 29.3 Å². The van der Waals surface area contributed by atoms with Crippen molar-refractivity contribution in [1.29, 1.82) is 0 Å². The third-order valence-electron chi connectivity index (χ3n) is 4.17. The van der Waals surface area contributed by atoms with Crippen LogP contribution in [0.1, 0.15) is 36.7 Å². The minimum atomic E-state index is -0.573. The van der Waals surface area contributed by atoms with Crippen molar-refractivity contribution in [3.63, 3.8) is 0 Å². The second kappa shape index (κ2) is 6.00. The molecule has 1 aliphatic rings. The van der Waals surface area contributed by atoms with Crippen molar-refractivity contribution in [3.05, 3.63) is 53.6 Å². The first-order valence-corrected chi connectivity index (χ1v) is 7.92. The van der Waals surface area contributed by atoms with Crippen LogP contribution >= 0.6 is 0 Å². The van der Waals surface area contributed by atoms with Crippen LogP contribution in [-0.4, -0.2) is 18.4 Å². The third kappa shape index (κ3) is 2.85. The number of fused-ring (bicyclic) bond motifs is 1. The van der Waals surface area contributed by atoms with Gasteiger partial charge in [-0.3, -0.25) is 9.59 Å². The first kappa shape index (κ1) is 16.1. The molecule has 0 aromatic heterocycles. The van der Waals surface area contributed by atoms with Crippen molar-refractivity contribution < 1.29 is 14.3 Å². The van der Waals surface area contributed by atoms with E-state index in [9.17, 15) is 9.59 Å². The molecule has 0 spiro atoms. The lowest BCUT2D eigenvalue weighted by atomic mass is 9.86. The molecule has 0 aliphatic carbocycles. The van der Waals surface area contributed by atoms with Crippen LogP contribution in [0, 0.1) is 0 Å². The van der Waals surface area contributed by atoms with E-state index < -0.39 is 5.41 Å². The average Bonchev–Trinajstić information content (AvgIpc) is 2.77. The van der Waals surface area contributed by atoms with Crippen LogP contribution in [0.15, 0.2) is 42.5 Å². The zero-order valence-electron chi connectivity index (χ0n) is 14.0. The molecule has 0 fully saturated rings. The molecule has 1 aliphatic heterocycles.